The maximum atomic E-state index is 6.00. The molecule has 0 radical (unpaired) electrons. The first kappa shape index (κ1) is 17.8. The van der Waals surface area contributed by atoms with E-state index in [1.54, 1.807) is 0 Å². The largest absolute Gasteiger partial charge is 0.330 e. The molecule has 0 heterocycles. The summed E-state index contributed by atoms with van der Waals surface area (Å²) in [6.45, 7) is 5.95. The zero-order chi connectivity index (χ0) is 10.2. The van der Waals surface area contributed by atoms with E-state index in [1.165, 1.54) is 25.7 Å². The lowest BCUT2D eigenvalue weighted by atomic mass is 10.3. The van der Waals surface area contributed by atoms with Gasteiger partial charge in [-0.1, -0.05) is 26.7 Å². The smallest absolute Gasteiger partial charge is 0.00774 e. The Labute approximate surface area is 75.5 Å². The Hall–Kier alpha value is -0.160. The second-order valence-electron chi connectivity index (χ2n) is 2.28. The third kappa shape index (κ3) is 52.1. The Morgan fingerprint density at radius 2 is 1.08 bits per heavy atom. The third-order valence-electron chi connectivity index (χ3n) is 1.12. The SMILES string of the molecule is CCCCN.CCCCN.OO. The van der Waals surface area contributed by atoms with Crippen LogP contribution < -0.4 is 11.5 Å². The molecule has 0 rings (SSSR count). The van der Waals surface area contributed by atoms with Gasteiger partial charge in [0.05, 0.1) is 0 Å². The van der Waals surface area contributed by atoms with Gasteiger partial charge in [-0.2, -0.15) is 0 Å². The van der Waals surface area contributed by atoms with E-state index in [4.69, 9.17) is 22.0 Å². The van der Waals surface area contributed by atoms with Crippen molar-refractivity contribution in [2.75, 3.05) is 13.1 Å². The average molecular weight is 180 g/mol. The first-order valence-electron chi connectivity index (χ1n) is 4.43. The fourth-order valence-electron chi connectivity index (χ4n) is 0.408. The van der Waals surface area contributed by atoms with E-state index in [-0.39, 0.29) is 0 Å². The molecule has 0 bridgehead atoms. The van der Waals surface area contributed by atoms with Crippen LogP contribution in [0.4, 0.5) is 0 Å². The molecule has 4 nitrogen and oxygen atoms in total. The Kier molecular flexibility index (Phi) is 45.7. The minimum atomic E-state index is 0.844. The van der Waals surface area contributed by atoms with Crippen molar-refractivity contribution in [2.45, 2.75) is 39.5 Å². The van der Waals surface area contributed by atoms with Gasteiger partial charge in [0.15, 0.2) is 0 Å². The number of unbranched alkanes of at least 4 members (excludes halogenated alkanes) is 2. The molecule has 4 heteroatoms. The highest BCUT2D eigenvalue weighted by molar-refractivity contribution is 4.29. The van der Waals surface area contributed by atoms with Gasteiger partial charge in [0, 0.05) is 0 Å². The van der Waals surface area contributed by atoms with Gasteiger partial charge in [-0.25, -0.2) is 0 Å². The van der Waals surface area contributed by atoms with Crippen LogP contribution in [0.15, 0.2) is 0 Å². The summed E-state index contributed by atoms with van der Waals surface area (Å²) in [5.41, 5.74) is 10.3. The molecule has 0 fully saturated rings. The van der Waals surface area contributed by atoms with Gasteiger partial charge in [-0.15, -0.1) is 0 Å². The molecule has 0 aromatic rings. The van der Waals surface area contributed by atoms with Crippen LogP contribution in [-0.2, 0) is 0 Å². The molecule has 0 saturated carbocycles. The van der Waals surface area contributed by atoms with E-state index in [0.717, 1.165) is 13.1 Å². The Morgan fingerprint density at radius 3 is 1.08 bits per heavy atom. The van der Waals surface area contributed by atoms with Crippen molar-refractivity contribution >= 4 is 0 Å². The van der Waals surface area contributed by atoms with Crippen LogP contribution in [0.5, 0.6) is 0 Å². The van der Waals surface area contributed by atoms with Crippen molar-refractivity contribution in [1.82, 2.24) is 0 Å². The van der Waals surface area contributed by atoms with Gasteiger partial charge in [-0.05, 0) is 25.9 Å². The van der Waals surface area contributed by atoms with Crippen LogP contribution in [-0.4, -0.2) is 23.6 Å². The fourth-order valence-corrected chi connectivity index (χ4v) is 0.408. The third-order valence-corrected chi connectivity index (χ3v) is 1.12. The van der Waals surface area contributed by atoms with E-state index < -0.39 is 0 Å². The number of hydrogen-bond acceptors (Lipinski definition) is 4. The van der Waals surface area contributed by atoms with Gasteiger partial charge in [0.2, 0.25) is 0 Å². The highest BCUT2D eigenvalue weighted by Crippen LogP contribution is 1.77. The standard InChI is InChI=1S/2C4H11N.H2O2/c2*1-2-3-4-5;1-2/h2*2-5H2,1H3;1-2H. The molecule has 0 aliphatic rings. The molecule has 6 N–H and O–H groups in total. The first-order valence-corrected chi connectivity index (χ1v) is 4.43. The van der Waals surface area contributed by atoms with Gasteiger partial charge in [0.1, 0.15) is 0 Å². The molecule has 78 valence electrons. The predicted molar refractivity (Wildman–Crippen MR) is 53.2 cm³/mol. The van der Waals surface area contributed by atoms with Crippen molar-refractivity contribution in [3.63, 3.8) is 0 Å². The number of nitrogens with two attached hydrogens (primary N) is 2. The highest BCUT2D eigenvalue weighted by atomic mass is 17.0. The minimum Gasteiger partial charge on any atom is -0.330 e. The summed E-state index contributed by atoms with van der Waals surface area (Å²) in [7, 11) is 0. The second-order valence-corrected chi connectivity index (χ2v) is 2.28. The Balaban J connectivity index is -0.000000112. The van der Waals surface area contributed by atoms with Crippen molar-refractivity contribution in [3.8, 4) is 0 Å². The quantitative estimate of drug-likeness (QED) is 0.390. The van der Waals surface area contributed by atoms with Crippen molar-refractivity contribution < 1.29 is 10.5 Å². The number of hydrogen-bond donors (Lipinski definition) is 4. The average Bonchev–Trinajstić information content (AvgIpc) is 2.12. The molecule has 12 heavy (non-hydrogen) atoms. The van der Waals surface area contributed by atoms with Gasteiger partial charge >= 0.3 is 0 Å². The molecular formula is C8H24N2O2. The van der Waals surface area contributed by atoms with Crippen molar-refractivity contribution in [2.24, 2.45) is 11.5 Å². The van der Waals surface area contributed by atoms with Crippen LogP contribution >= 0.6 is 0 Å². The monoisotopic (exact) mass is 180 g/mol. The molecule has 0 aliphatic carbocycles. The van der Waals surface area contributed by atoms with E-state index >= 15 is 0 Å². The zero-order valence-corrected chi connectivity index (χ0v) is 8.29. The van der Waals surface area contributed by atoms with Crippen molar-refractivity contribution in [3.05, 3.63) is 0 Å². The minimum absolute atomic E-state index is 0.844. The van der Waals surface area contributed by atoms with Crippen molar-refractivity contribution in [1.29, 1.82) is 0 Å². The van der Waals surface area contributed by atoms with Gasteiger partial charge in [0.25, 0.3) is 0 Å². The second kappa shape index (κ2) is 30.8. The lowest BCUT2D eigenvalue weighted by Gasteiger charge is -1.80. The molecular weight excluding hydrogens is 156 g/mol. The zero-order valence-electron chi connectivity index (χ0n) is 8.29. The summed E-state index contributed by atoms with van der Waals surface area (Å²) in [6.07, 6.45) is 4.77. The summed E-state index contributed by atoms with van der Waals surface area (Å²) in [5, 5.41) is 12.0. The molecule has 0 atom stereocenters. The Bertz CT molecular complexity index is 36.0. The van der Waals surface area contributed by atoms with Crippen LogP contribution in [0.1, 0.15) is 39.5 Å². The molecule has 0 saturated heterocycles. The fraction of sp³-hybridized carbons (Fsp3) is 1.00. The van der Waals surface area contributed by atoms with Crippen LogP contribution in [0.3, 0.4) is 0 Å². The first-order chi connectivity index (χ1) is 5.83. The van der Waals surface area contributed by atoms with Gasteiger partial charge < -0.3 is 11.5 Å². The number of rotatable bonds is 4. The summed E-state index contributed by atoms with van der Waals surface area (Å²) in [4.78, 5) is 0. The summed E-state index contributed by atoms with van der Waals surface area (Å²) < 4.78 is 0. The Morgan fingerprint density at radius 1 is 0.833 bits per heavy atom. The van der Waals surface area contributed by atoms with Crippen LogP contribution in [0, 0.1) is 0 Å². The lowest BCUT2D eigenvalue weighted by molar-refractivity contribution is -0.176. The van der Waals surface area contributed by atoms with Crippen LogP contribution in [0.2, 0.25) is 0 Å². The van der Waals surface area contributed by atoms with Gasteiger partial charge in [-0.3, -0.25) is 10.5 Å². The topological polar surface area (TPSA) is 92.5 Å². The van der Waals surface area contributed by atoms with E-state index in [0.29, 0.717) is 0 Å². The van der Waals surface area contributed by atoms with Crippen LogP contribution in [0.25, 0.3) is 0 Å². The predicted octanol–water partition coefficient (Wildman–Crippen LogP) is 1.51. The lowest BCUT2D eigenvalue weighted by Crippen LogP contribution is -1.95. The highest BCUT2D eigenvalue weighted by Gasteiger charge is 1.68. The maximum Gasteiger partial charge on any atom is -0.00774 e. The maximum absolute atomic E-state index is 6.00. The van der Waals surface area contributed by atoms with E-state index in [2.05, 4.69) is 13.8 Å². The molecule has 0 aromatic carbocycles. The van der Waals surface area contributed by atoms with E-state index in [1.807, 2.05) is 0 Å². The molecule has 0 unspecified atom stereocenters. The molecule has 0 amide bonds. The summed E-state index contributed by atoms with van der Waals surface area (Å²) >= 11 is 0. The molecule has 0 spiro atoms. The van der Waals surface area contributed by atoms with E-state index in [9.17, 15) is 0 Å². The normalized spacial score (nSPS) is 7.50. The molecule has 0 aliphatic heterocycles. The molecule has 0 aromatic heterocycles. The summed E-state index contributed by atoms with van der Waals surface area (Å²) in [5.74, 6) is 0. The summed E-state index contributed by atoms with van der Waals surface area (Å²) in [6, 6.07) is 0.